The second-order valence-corrected chi connectivity index (χ2v) is 5.80. The monoisotopic (exact) mass is 212 g/mol. The molecule has 1 unspecified atom stereocenters. The van der Waals surface area contributed by atoms with Gasteiger partial charge in [0, 0.05) is 32.0 Å². The van der Waals surface area contributed by atoms with Crippen LogP contribution in [0.4, 0.5) is 0 Å². The molecule has 1 rings (SSSR count). The Hall–Kier alpha value is -0.570. The van der Waals surface area contributed by atoms with Crippen molar-refractivity contribution in [3.05, 3.63) is 0 Å². The molecule has 2 N–H and O–H groups in total. The van der Waals surface area contributed by atoms with E-state index in [1.54, 1.807) is 0 Å². The minimum Gasteiger partial charge on any atom is -0.356 e. The first-order valence-electron chi connectivity index (χ1n) is 5.87. The minimum atomic E-state index is 0.198. The van der Waals surface area contributed by atoms with E-state index in [1.165, 1.54) is 0 Å². The van der Waals surface area contributed by atoms with Crippen LogP contribution in [-0.2, 0) is 4.79 Å². The van der Waals surface area contributed by atoms with Crippen LogP contribution in [0.5, 0.6) is 0 Å². The zero-order chi connectivity index (χ0) is 11.5. The Labute approximate surface area is 93.0 Å². The molecule has 3 nitrogen and oxygen atoms in total. The third-order valence-corrected chi connectivity index (χ3v) is 3.42. The van der Waals surface area contributed by atoms with Crippen LogP contribution in [0.3, 0.4) is 0 Å². The van der Waals surface area contributed by atoms with Crippen molar-refractivity contribution in [3.63, 3.8) is 0 Å². The van der Waals surface area contributed by atoms with Crippen molar-refractivity contribution < 1.29 is 4.79 Å². The molecule has 0 aromatic rings. The van der Waals surface area contributed by atoms with E-state index >= 15 is 0 Å². The van der Waals surface area contributed by atoms with Gasteiger partial charge in [-0.25, -0.2) is 0 Å². The second kappa shape index (κ2) is 4.97. The molecule has 0 saturated carbocycles. The fourth-order valence-electron chi connectivity index (χ4n) is 1.41. The number of carbonyl (C=O) groups is 1. The van der Waals surface area contributed by atoms with Crippen LogP contribution in [0.15, 0.2) is 0 Å². The highest BCUT2D eigenvalue weighted by atomic mass is 16.1. The molecule has 1 fully saturated rings. The molecule has 1 saturated heterocycles. The van der Waals surface area contributed by atoms with Crippen LogP contribution in [-0.4, -0.2) is 25.5 Å². The number of carbonyl (C=O) groups excluding carboxylic acids is 1. The van der Waals surface area contributed by atoms with Gasteiger partial charge in [-0.2, -0.15) is 0 Å². The molecule has 3 heteroatoms. The fraction of sp³-hybridized carbons (Fsp3) is 0.917. The number of amides is 1. The lowest BCUT2D eigenvalue weighted by Crippen LogP contribution is -2.48. The summed E-state index contributed by atoms with van der Waals surface area (Å²) in [5.41, 5.74) is 0.218. The van der Waals surface area contributed by atoms with Crippen molar-refractivity contribution in [3.8, 4) is 0 Å². The van der Waals surface area contributed by atoms with Gasteiger partial charge in [-0.15, -0.1) is 0 Å². The van der Waals surface area contributed by atoms with Crippen LogP contribution in [0, 0.1) is 17.3 Å². The van der Waals surface area contributed by atoms with Gasteiger partial charge in [0.15, 0.2) is 0 Å². The fourth-order valence-corrected chi connectivity index (χ4v) is 1.41. The third-order valence-electron chi connectivity index (χ3n) is 3.42. The number of rotatable bonds is 4. The highest BCUT2D eigenvalue weighted by Gasteiger charge is 2.23. The van der Waals surface area contributed by atoms with Gasteiger partial charge in [0.05, 0.1) is 0 Å². The maximum absolute atomic E-state index is 11.6. The molecule has 1 heterocycles. The summed E-state index contributed by atoms with van der Waals surface area (Å²) in [6, 6.07) is 0. The van der Waals surface area contributed by atoms with Crippen LogP contribution in [0.25, 0.3) is 0 Å². The molecule has 88 valence electrons. The summed E-state index contributed by atoms with van der Waals surface area (Å²) in [7, 11) is 0. The Kier molecular flexibility index (Phi) is 4.14. The van der Waals surface area contributed by atoms with Gasteiger partial charge in [-0.3, -0.25) is 4.79 Å². The molecule has 0 aliphatic carbocycles. The zero-order valence-corrected chi connectivity index (χ0v) is 10.4. The summed E-state index contributed by atoms with van der Waals surface area (Å²) in [6.45, 7) is 11.6. The Morgan fingerprint density at radius 3 is 2.47 bits per heavy atom. The minimum absolute atomic E-state index is 0.198. The molecule has 0 aromatic carbocycles. The highest BCUT2D eigenvalue weighted by molar-refractivity contribution is 5.76. The van der Waals surface area contributed by atoms with E-state index < -0.39 is 0 Å². The summed E-state index contributed by atoms with van der Waals surface area (Å²) < 4.78 is 0. The number of hydrogen-bond donors (Lipinski definition) is 2. The van der Waals surface area contributed by atoms with E-state index in [2.05, 4.69) is 38.3 Å². The first kappa shape index (κ1) is 12.5. The van der Waals surface area contributed by atoms with Crippen LogP contribution >= 0.6 is 0 Å². The van der Waals surface area contributed by atoms with Crippen molar-refractivity contribution in [2.24, 2.45) is 17.3 Å². The summed E-state index contributed by atoms with van der Waals surface area (Å²) in [4.78, 5) is 11.6. The van der Waals surface area contributed by atoms with E-state index in [0.717, 1.165) is 19.6 Å². The molecular weight excluding hydrogens is 188 g/mol. The van der Waals surface area contributed by atoms with Crippen molar-refractivity contribution >= 4 is 5.91 Å². The molecule has 0 bridgehead atoms. The predicted octanol–water partition coefficient (Wildman–Crippen LogP) is 1.39. The lowest BCUT2D eigenvalue weighted by Gasteiger charge is -2.29. The van der Waals surface area contributed by atoms with E-state index in [0.29, 0.717) is 18.3 Å². The maximum Gasteiger partial charge on any atom is 0.220 e. The Balaban J connectivity index is 2.17. The molecule has 1 aliphatic heterocycles. The van der Waals surface area contributed by atoms with Crippen molar-refractivity contribution in [1.29, 1.82) is 0 Å². The zero-order valence-electron chi connectivity index (χ0n) is 10.4. The van der Waals surface area contributed by atoms with Crippen molar-refractivity contribution in [2.45, 2.75) is 34.1 Å². The van der Waals surface area contributed by atoms with Gasteiger partial charge in [-0.05, 0) is 11.3 Å². The summed E-state index contributed by atoms with van der Waals surface area (Å²) in [5.74, 6) is 1.28. The normalized spacial score (nSPS) is 19.5. The number of hydrogen-bond acceptors (Lipinski definition) is 2. The smallest absolute Gasteiger partial charge is 0.220 e. The van der Waals surface area contributed by atoms with Gasteiger partial charge >= 0.3 is 0 Å². The second-order valence-electron chi connectivity index (χ2n) is 5.80. The molecule has 0 radical (unpaired) electrons. The SMILES string of the molecule is CC(CC(=O)NCC1CNC1)C(C)(C)C. The van der Waals surface area contributed by atoms with Gasteiger partial charge in [-0.1, -0.05) is 27.7 Å². The Bertz CT molecular complexity index is 216. The molecule has 1 amide bonds. The van der Waals surface area contributed by atoms with Gasteiger partial charge in [0.25, 0.3) is 0 Å². The molecule has 0 aromatic heterocycles. The first-order valence-corrected chi connectivity index (χ1v) is 5.87. The topological polar surface area (TPSA) is 41.1 Å². The first-order chi connectivity index (χ1) is 6.89. The van der Waals surface area contributed by atoms with Gasteiger partial charge in [0.1, 0.15) is 0 Å². The molecular formula is C12H24N2O. The third kappa shape index (κ3) is 4.20. The molecule has 1 atom stereocenters. The van der Waals surface area contributed by atoms with Gasteiger partial charge in [0.2, 0.25) is 5.91 Å². The average Bonchev–Trinajstić information content (AvgIpc) is 1.99. The van der Waals surface area contributed by atoms with Crippen molar-refractivity contribution in [2.75, 3.05) is 19.6 Å². The standard InChI is InChI=1S/C12H24N2O/c1-9(12(2,3)4)5-11(15)14-8-10-6-13-7-10/h9-10,13H,5-8H2,1-4H3,(H,14,15). The Morgan fingerprint density at radius 2 is 2.07 bits per heavy atom. The highest BCUT2D eigenvalue weighted by Crippen LogP contribution is 2.27. The van der Waals surface area contributed by atoms with Crippen molar-refractivity contribution in [1.82, 2.24) is 10.6 Å². The predicted molar refractivity (Wildman–Crippen MR) is 62.6 cm³/mol. The van der Waals surface area contributed by atoms with E-state index in [4.69, 9.17) is 0 Å². The maximum atomic E-state index is 11.6. The lowest BCUT2D eigenvalue weighted by molar-refractivity contribution is -0.122. The van der Waals surface area contributed by atoms with Crippen LogP contribution in [0.2, 0.25) is 0 Å². The summed E-state index contributed by atoms with van der Waals surface area (Å²) >= 11 is 0. The van der Waals surface area contributed by atoms with E-state index in [9.17, 15) is 4.79 Å². The lowest BCUT2D eigenvalue weighted by atomic mass is 9.80. The molecule has 15 heavy (non-hydrogen) atoms. The van der Waals surface area contributed by atoms with E-state index in [-0.39, 0.29) is 11.3 Å². The summed E-state index contributed by atoms with van der Waals surface area (Å²) in [6.07, 6.45) is 0.643. The largest absolute Gasteiger partial charge is 0.356 e. The van der Waals surface area contributed by atoms with E-state index in [1.807, 2.05) is 0 Å². The van der Waals surface area contributed by atoms with Gasteiger partial charge < -0.3 is 10.6 Å². The Morgan fingerprint density at radius 1 is 1.47 bits per heavy atom. The molecule has 1 aliphatic rings. The van der Waals surface area contributed by atoms with Crippen LogP contribution < -0.4 is 10.6 Å². The number of nitrogens with one attached hydrogen (secondary N) is 2. The average molecular weight is 212 g/mol. The summed E-state index contributed by atoms with van der Waals surface area (Å²) in [5, 5.41) is 6.21. The van der Waals surface area contributed by atoms with Crippen LogP contribution in [0.1, 0.15) is 34.1 Å². The quantitative estimate of drug-likeness (QED) is 0.739. The molecule has 0 spiro atoms.